The molecule has 3 aromatic rings. The van der Waals surface area contributed by atoms with Gasteiger partial charge in [-0.15, -0.1) is 0 Å². The smallest absolute Gasteiger partial charge is 0.337 e. The number of hydrogen-bond acceptors (Lipinski definition) is 7. The number of carbonyl (C=O) groups is 1. The van der Waals surface area contributed by atoms with E-state index in [0.29, 0.717) is 48.7 Å². The average Bonchev–Trinajstić information content (AvgIpc) is 2.81. The standard InChI is InChI=1S/C22H21F3N4O3/c1-12(27-14-9-16(23)20(25)17(24)10-14)15-7-13(22(30)31-2)8-18-21(15)28-19(11-26-18)29-3-5-32-6-4-29/h7-12,27H,3-6H2,1-2H3. The first kappa shape index (κ1) is 21.8. The van der Waals surface area contributed by atoms with Crippen molar-refractivity contribution in [2.45, 2.75) is 13.0 Å². The molecule has 32 heavy (non-hydrogen) atoms. The summed E-state index contributed by atoms with van der Waals surface area (Å²) in [4.78, 5) is 23.4. The lowest BCUT2D eigenvalue weighted by molar-refractivity contribution is 0.0600. The Kier molecular flexibility index (Phi) is 6.13. The Hall–Kier alpha value is -3.40. The van der Waals surface area contributed by atoms with Crippen molar-refractivity contribution in [3.8, 4) is 0 Å². The van der Waals surface area contributed by atoms with Gasteiger partial charge in [-0.1, -0.05) is 0 Å². The second-order valence-corrected chi connectivity index (χ2v) is 7.37. The van der Waals surface area contributed by atoms with Gasteiger partial charge in [-0.05, 0) is 19.1 Å². The van der Waals surface area contributed by atoms with Gasteiger partial charge < -0.3 is 19.7 Å². The number of aromatic nitrogens is 2. The van der Waals surface area contributed by atoms with Gasteiger partial charge in [-0.25, -0.2) is 22.9 Å². The van der Waals surface area contributed by atoms with Gasteiger partial charge in [0.25, 0.3) is 0 Å². The fourth-order valence-corrected chi connectivity index (χ4v) is 3.61. The Morgan fingerprint density at radius 1 is 1.16 bits per heavy atom. The van der Waals surface area contributed by atoms with Gasteiger partial charge in [-0.2, -0.15) is 0 Å². The number of nitrogens with zero attached hydrogens (tertiary/aromatic N) is 3. The Labute approximate surface area is 182 Å². The number of hydrogen-bond donors (Lipinski definition) is 1. The number of esters is 1. The first-order valence-corrected chi connectivity index (χ1v) is 10.00. The van der Waals surface area contributed by atoms with Crippen molar-refractivity contribution in [1.29, 1.82) is 0 Å². The molecule has 4 rings (SSSR count). The van der Waals surface area contributed by atoms with E-state index in [4.69, 9.17) is 14.5 Å². The predicted molar refractivity (Wildman–Crippen MR) is 112 cm³/mol. The zero-order valence-corrected chi connectivity index (χ0v) is 17.5. The monoisotopic (exact) mass is 446 g/mol. The molecule has 168 valence electrons. The topological polar surface area (TPSA) is 76.6 Å². The maximum atomic E-state index is 13.7. The minimum absolute atomic E-state index is 0.0443. The van der Waals surface area contributed by atoms with Gasteiger partial charge in [0.1, 0.15) is 5.82 Å². The van der Waals surface area contributed by atoms with Crippen LogP contribution in [0.3, 0.4) is 0 Å². The number of morpholine rings is 1. The summed E-state index contributed by atoms with van der Waals surface area (Å²) < 4.78 is 50.9. The first-order valence-electron chi connectivity index (χ1n) is 10.00. The van der Waals surface area contributed by atoms with E-state index in [1.807, 2.05) is 4.90 Å². The van der Waals surface area contributed by atoms with Crippen LogP contribution in [0.5, 0.6) is 0 Å². The molecular formula is C22H21F3N4O3. The zero-order chi connectivity index (χ0) is 22.8. The summed E-state index contributed by atoms with van der Waals surface area (Å²) in [5.41, 5.74) is 1.85. The van der Waals surface area contributed by atoms with E-state index in [2.05, 4.69) is 10.3 Å². The van der Waals surface area contributed by atoms with E-state index >= 15 is 0 Å². The third kappa shape index (κ3) is 4.31. The largest absolute Gasteiger partial charge is 0.465 e. The molecule has 1 aliphatic rings. The van der Waals surface area contributed by atoms with Crippen LogP contribution < -0.4 is 10.2 Å². The molecule has 2 aromatic carbocycles. The van der Waals surface area contributed by atoms with Crippen molar-refractivity contribution in [3.63, 3.8) is 0 Å². The Morgan fingerprint density at radius 3 is 2.50 bits per heavy atom. The van der Waals surface area contributed by atoms with E-state index in [1.54, 1.807) is 25.3 Å². The van der Waals surface area contributed by atoms with Gasteiger partial charge >= 0.3 is 5.97 Å². The van der Waals surface area contributed by atoms with Crippen LogP contribution in [0.4, 0.5) is 24.7 Å². The van der Waals surface area contributed by atoms with Crippen LogP contribution >= 0.6 is 0 Å². The van der Waals surface area contributed by atoms with Crippen molar-refractivity contribution in [2.75, 3.05) is 43.6 Å². The van der Waals surface area contributed by atoms with Crippen LogP contribution in [0.25, 0.3) is 11.0 Å². The van der Waals surface area contributed by atoms with Gasteiger partial charge in [0.05, 0.1) is 49.2 Å². The number of halogens is 3. The molecule has 0 bridgehead atoms. The normalized spacial score (nSPS) is 15.0. The maximum absolute atomic E-state index is 13.7. The summed E-state index contributed by atoms with van der Waals surface area (Å²) in [6, 6.07) is 4.35. The molecule has 7 nitrogen and oxygen atoms in total. The fourth-order valence-electron chi connectivity index (χ4n) is 3.61. The Balaban J connectivity index is 1.77. The number of methoxy groups -OCH3 is 1. The lowest BCUT2D eigenvalue weighted by atomic mass is 10.0. The Morgan fingerprint density at radius 2 is 1.84 bits per heavy atom. The lowest BCUT2D eigenvalue weighted by Gasteiger charge is -2.28. The molecule has 1 unspecified atom stereocenters. The van der Waals surface area contributed by atoms with Crippen molar-refractivity contribution >= 4 is 28.5 Å². The van der Waals surface area contributed by atoms with E-state index in [9.17, 15) is 18.0 Å². The summed E-state index contributed by atoms with van der Waals surface area (Å²) in [7, 11) is 1.27. The molecule has 1 fully saturated rings. The molecule has 1 saturated heterocycles. The molecule has 0 spiro atoms. The summed E-state index contributed by atoms with van der Waals surface area (Å²) >= 11 is 0. The number of ether oxygens (including phenoxy) is 2. The number of carbonyl (C=O) groups excluding carboxylic acids is 1. The van der Waals surface area contributed by atoms with Crippen molar-refractivity contribution in [3.05, 3.63) is 59.0 Å². The molecule has 0 saturated carbocycles. The fraction of sp³-hybridized carbons (Fsp3) is 0.318. The number of fused-ring (bicyclic) bond motifs is 1. The van der Waals surface area contributed by atoms with E-state index in [0.717, 1.165) is 12.1 Å². The second-order valence-electron chi connectivity index (χ2n) is 7.37. The Bertz CT molecular complexity index is 1150. The second kappa shape index (κ2) is 8.99. The first-order chi connectivity index (χ1) is 15.4. The van der Waals surface area contributed by atoms with Crippen LogP contribution in [-0.2, 0) is 9.47 Å². The number of anilines is 2. The summed E-state index contributed by atoms with van der Waals surface area (Å²) in [5, 5.41) is 2.94. The van der Waals surface area contributed by atoms with Crippen molar-refractivity contribution < 1.29 is 27.4 Å². The highest BCUT2D eigenvalue weighted by atomic mass is 19.2. The number of benzene rings is 2. The zero-order valence-electron chi connectivity index (χ0n) is 17.5. The minimum Gasteiger partial charge on any atom is -0.465 e. The molecule has 0 amide bonds. The molecule has 1 aliphatic heterocycles. The van der Waals surface area contributed by atoms with Gasteiger partial charge in [0.15, 0.2) is 17.5 Å². The highest BCUT2D eigenvalue weighted by Gasteiger charge is 2.20. The summed E-state index contributed by atoms with van der Waals surface area (Å²) in [5.74, 6) is -4.05. The predicted octanol–water partition coefficient (Wildman–Crippen LogP) is 3.84. The molecule has 0 radical (unpaired) electrons. The van der Waals surface area contributed by atoms with Gasteiger partial charge in [-0.3, -0.25) is 4.98 Å². The van der Waals surface area contributed by atoms with Crippen LogP contribution in [0, 0.1) is 17.5 Å². The SMILES string of the molecule is COC(=O)c1cc(C(C)Nc2cc(F)c(F)c(F)c2)c2nc(N3CCOCC3)cnc2c1. The van der Waals surface area contributed by atoms with Crippen LogP contribution in [0.15, 0.2) is 30.5 Å². The van der Waals surface area contributed by atoms with Crippen LogP contribution in [0.1, 0.15) is 28.9 Å². The summed E-state index contributed by atoms with van der Waals surface area (Å²) in [6.45, 7) is 4.22. The number of rotatable bonds is 5. The highest BCUT2D eigenvalue weighted by molar-refractivity contribution is 5.95. The van der Waals surface area contributed by atoms with Crippen molar-refractivity contribution in [2.24, 2.45) is 0 Å². The molecular weight excluding hydrogens is 425 g/mol. The third-order valence-electron chi connectivity index (χ3n) is 5.25. The van der Waals surface area contributed by atoms with E-state index < -0.39 is 29.5 Å². The van der Waals surface area contributed by atoms with E-state index in [1.165, 1.54) is 7.11 Å². The minimum atomic E-state index is -1.54. The number of nitrogens with one attached hydrogen (secondary N) is 1. The van der Waals surface area contributed by atoms with Crippen LogP contribution in [0.2, 0.25) is 0 Å². The third-order valence-corrected chi connectivity index (χ3v) is 5.25. The molecule has 2 heterocycles. The molecule has 1 aromatic heterocycles. The average molecular weight is 446 g/mol. The quantitative estimate of drug-likeness (QED) is 0.471. The highest BCUT2D eigenvalue weighted by Crippen LogP contribution is 2.29. The molecule has 0 aliphatic carbocycles. The molecule has 1 N–H and O–H groups in total. The van der Waals surface area contributed by atoms with Gasteiger partial charge in [0.2, 0.25) is 0 Å². The molecule has 1 atom stereocenters. The maximum Gasteiger partial charge on any atom is 0.337 e. The van der Waals surface area contributed by atoms with Crippen molar-refractivity contribution in [1.82, 2.24) is 9.97 Å². The van der Waals surface area contributed by atoms with E-state index in [-0.39, 0.29) is 11.3 Å². The summed E-state index contributed by atoms with van der Waals surface area (Å²) in [6.07, 6.45) is 1.63. The van der Waals surface area contributed by atoms with Crippen LogP contribution in [-0.4, -0.2) is 49.4 Å². The molecule has 10 heteroatoms. The van der Waals surface area contributed by atoms with Gasteiger partial charge in [0, 0.05) is 36.5 Å². The lowest BCUT2D eigenvalue weighted by Crippen LogP contribution is -2.36.